The van der Waals surface area contributed by atoms with Gasteiger partial charge in [-0.05, 0) is 12.3 Å². The molecule has 0 aliphatic carbocycles. The highest BCUT2D eigenvalue weighted by Crippen LogP contribution is 2.49. The summed E-state index contributed by atoms with van der Waals surface area (Å²) in [5, 5.41) is 24.1. The van der Waals surface area contributed by atoms with Gasteiger partial charge in [0.15, 0.2) is 5.69 Å². The quantitative estimate of drug-likeness (QED) is 0.242. The molecule has 0 bridgehead atoms. The van der Waals surface area contributed by atoms with E-state index in [0.717, 1.165) is 6.26 Å². The molecule has 0 aliphatic heterocycles. The summed E-state index contributed by atoms with van der Waals surface area (Å²) in [5.74, 6) is -0.664. The zero-order valence-corrected chi connectivity index (χ0v) is 15.8. The first-order valence-electron chi connectivity index (χ1n) is 7.29. The van der Waals surface area contributed by atoms with Gasteiger partial charge in [-0.25, -0.2) is 4.98 Å². The van der Waals surface area contributed by atoms with Crippen molar-refractivity contribution in [3.8, 4) is 0 Å². The Balaban J connectivity index is 2.79. The summed E-state index contributed by atoms with van der Waals surface area (Å²) in [7, 11) is 0. The van der Waals surface area contributed by atoms with Gasteiger partial charge in [0.1, 0.15) is 5.82 Å². The highest BCUT2D eigenvalue weighted by Gasteiger charge is 2.42. The smallest absolute Gasteiger partial charge is 0.328 e. The second-order valence-corrected chi connectivity index (χ2v) is 6.61. The Morgan fingerprint density at radius 2 is 1.67 bits per heavy atom. The molecular formula is C14H7ClF6N4O4S. The van der Waals surface area contributed by atoms with Crippen LogP contribution in [0.2, 0.25) is 5.02 Å². The van der Waals surface area contributed by atoms with Gasteiger partial charge in [-0.15, -0.1) is 11.8 Å². The Morgan fingerprint density at radius 3 is 2.07 bits per heavy atom. The van der Waals surface area contributed by atoms with Crippen molar-refractivity contribution >= 4 is 46.2 Å². The molecule has 162 valence electrons. The van der Waals surface area contributed by atoms with Crippen molar-refractivity contribution in [1.82, 2.24) is 4.98 Å². The van der Waals surface area contributed by atoms with Crippen molar-refractivity contribution in [3.63, 3.8) is 0 Å². The van der Waals surface area contributed by atoms with E-state index < -0.39 is 66.1 Å². The van der Waals surface area contributed by atoms with E-state index in [9.17, 15) is 46.6 Å². The van der Waals surface area contributed by atoms with Crippen LogP contribution in [0, 0.1) is 20.2 Å². The number of alkyl halides is 6. The first-order valence-corrected chi connectivity index (χ1v) is 8.89. The van der Waals surface area contributed by atoms with Gasteiger partial charge in [-0.1, -0.05) is 11.6 Å². The molecule has 1 aromatic heterocycles. The Kier molecular flexibility index (Phi) is 6.37. The molecule has 16 heteroatoms. The lowest BCUT2D eigenvalue weighted by atomic mass is 10.1. The second-order valence-electron chi connectivity index (χ2n) is 5.39. The van der Waals surface area contributed by atoms with Gasteiger partial charge in [0, 0.05) is 12.3 Å². The van der Waals surface area contributed by atoms with Crippen molar-refractivity contribution in [2.45, 2.75) is 17.2 Å². The molecule has 0 fully saturated rings. The summed E-state index contributed by atoms with van der Waals surface area (Å²) in [5.41, 5.74) is -6.56. The molecule has 0 atom stereocenters. The lowest BCUT2D eigenvalue weighted by Crippen LogP contribution is -2.12. The maximum absolute atomic E-state index is 13.3. The number of nitro benzene ring substituents is 2. The topological polar surface area (TPSA) is 111 Å². The SMILES string of the molecule is CSc1c(C(F)(F)F)cc([N+](=O)[O-])c(Nc2ncc(C(F)(F)F)cc2Cl)c1[N+](=O)[O-]. The van der Waals surface area contributed by atoms with Crippen LogP contribution in [0.3, 0.4) is 0 Å². The monoisotopic (exact) mass is 476 g/mol. The van der Waals surface area contributed by atoms with E-state index in [-0.39, 0.29) is 6.07 Å². The van der Waals surface area contributed by atoms with Gasteiger partial charge in [0.25, 0.3) is 0 Å². The van der Waals surface area contributed by atoms with Crippen molar-refractivity contribution < 1.29 is 36.2 Å². The van der Waals surface area contributed by atoms with E-state index in [1.807, 2.05) is 5.32 Å². The molecule has 0 amide bonds. The molecule has 0 aliphatic rings. The fraction of sp³-hybridized carbons (Fsp3) is 0.214. The number of anilines is 2. The maximum Gasteiger partial charge on any atom is 0.417 e. The van der Waals surface area contributed by atoms with E-state index in [1.54, 1.807) is 0 Å². The zero-order chi connectivity index (χ0) is 23.0. The van der Waals surface area contributed by atoms with Gasteiger partial charge in [-0.2, -0.15) is 26.3 Å². The van der Waals surface area contributed by atoms with Crippen LogP contribution >= 0.6 is 23.4 Å². The average Bonchev–Trinajstić information content (AvgIpc) is 2.60. The number of nitro groups is 2. The van der Waals surface area contributed by atoms with Crippen LogP contribution in [0.5, 0.6) is 0 Å². The summed E-state index contributed by atoms with van der Waals surface area (Å²) in [6.45, 7) is 0. The largest absolute Gasteiger partial charge is 0.417 e. The van der Waals surface area contributed by atoms with Gasteiger partial charge in [0.05, 0.1) is 30.9 Å². The zero-order valence-electron chi connectivity index (χ0n) is 14.3. The fourth-order valence-corrected chi connectivity index (χ4v) is 3.28. The molecule has 1 N–H and O–H groups in total. The second kappa shape index (κ2) is 8.14. The van der Waals surface area contributed by atoms with Crippen molar-refractivity contribution in [2.75, 3.05) is 11.6 Å². The van der Waals surface area contributed by atoms with Crippen LogP contribution in [0.4, 0.5) is 49.2 Å². The number of nitrogens with one attached hydrogen (secondary N) is 1. The Morgan fingerprint density at radius 1 is 1.07 bits per heavy atom. The maximum atomic E-state index is 13.3. The van der Waals surface area contributed by atoms with E-state index in [4.69, 9.17) is 11.6 Å². The normalized spacial score (nSPS) is 12.0. The summed E-state index contributed by atoms with van der Waals surface area (Å²) in [4.78, 5) is 22.6. The predicted octanol–water partition coefficient (Wildman–Crippen LogP) is 6.05. The van der Waals surface area contributed by atoms with Crippen molar-refractivity contribution in [1.29, 1.82) is 0 Å². The minimum absolute atomic E-state index is 0.0825. The van der Waals surface area contributed by atoms with Crippen molar-refractivity contribution in [3.05, 3.63) is 54.7 Å². The molecule has 0 unspecified atom stereocenters. The van der Waals surface area contributed by atoms with Crippen LogP contribution in [0.1, 0.15) is 11.1 Å². The number of hydrogen-bond donors (Lipinski definition) is 1. The summed E-state index contributed by atoms with van der Waals surface area (Å²) in [6.07, 6.45) is -8.60. The summed E-state index contributed by atoms with van der Waals surface area (Å²) in [6, 6.07) is 0.479. The standard InChI is InChI=1S/C14H7ClF6N4O4S/c1-30-11-6(14(19,20)21)3-8(24(26)27)9(10(11)25(28)29)23-12-7(15)2-5(4-22-12)13(16,17)18/h2-4H,1H3,(H,22,23). The van der Waals surface area contributed by atoms with Crippen LogP contribution in [-0.2, 0) is 12.4 Å². The van der Waals surface area contributed by atoms with Gasteiger partial charge < -0.3 is 5.32 Å². The van der Waals surface area contributed by atoms with Gasteiger partial charge >= 0.3 is 23.7 Å². The van der Waals surface area contributed by atoms with Crippen LogP contribution in [0.25, 0.3) is 0 Å². The van der Waals surface area contributed by atoms with E-state index >= 15 is 0 Å². The number of pyridine rings is 1. The molecule has 1 heterocycles. The number of rotatable bonds is 5. The molecule has 2 aromatic rings. The molecular weight excluding hydrogens is 470 g/mol. The lowest BCUT2D eigenvalue weighted by Gasteiger charge is -2.16. The van der Waals surface area contributed by atoms with Crippen molar-refractivity contribution in [2.24, 2.45) is 0 Å². The molecule has 2 rings (SSSR count). The highest BCUT2D eigenvalue weighted by molar-refractivity contribution is 7.98. The van der Waals surface area contributed by atoms with Crippen LogP contribution < -0.4 is 5.32 Å². The van der Waals surface area contributed by atoms with E-state index in [1.165, 1.54) is 0 Å². The highest BCUT2D eigenvalue weighted by atomic mass is 35.5. The number of hydrogen-bond acceptors (Lipinski definition) is 7. The molecule has 30 heavy (non-hydrogen) atoms. The molecule has 1 aromatic carbocycles. The van der Waals surface area contributed by atoms with E-state index in [2.05, 4.69) is 4.98 Å². The Bertz CT molecular complexity index is 1030. The number of halogens is 7. The van der Waals surface area contributed by atoms with Crippen LogP contribution in [0.15, 0.2) is 23.2 Å². The number of nitrogens with zero attached hydrogens (tertiary/aromatic N) is 3. The third-order valence-corrected chi connectivity index (χ3v) is 4.64. The molecule has 0 spiro atoms. The van der Waals surface area contributed by atoms with Crippen LogP contribution in [-0.4, -0.2) is 21.1 Å². The lowest BCUT2D eigenvalue weighted by molar-refractivity contribution is -0.394. The Labute approximate surface area is 171 Å². The van der Waals surface area contributed by atoms with E-state index in [0.29, 0.717) is 24.0 Å². The Hall–Kier alpha value is -2.81. The average molecular weight is 477 g/mol. The fourth-order valence-electron chi connectivity index (χ4n) is 2.30. The minimum atomic E-state index is -5.16. The van der Waals surface area contributed by atoms with Gasteiger partial charge in [-0.3, -0.25) is 20.2 Å². The summed E-state index contributed by atoms with van der Waals surface area (Å²) >= 11 is 5.98. The third-order valence-electron chi connectivity index (χ3n) is 3.53. The first kappa shape index (κ1) is 23.5. The molecule has 0 saturated heterocycles. The molecule has 0 radical (unpaired) electrons. The number of benzene rings is 1. The number of aromatic nitrogens is 1. The first-order chi connectivity index (χ1) is 13.7. The molecule has 8 nitrogen and oxygen atoms in total. The minimum Gasteiger partial charge on any atom is -0.328 e. The summed E-state index contributed by atoms with van der Waals surface area (Å²) < 4.78 is 78.0. The van der Waals surface area contributed by atoms with Gasteiger partial charge in [0.2, 0.25) is 0 Å². The third kappa shape index (κ3) is 4.67. The predicted molar refractivity (Wildman–Crippen MR) is 94.1 cm³/mol. The number of thioether (sulfide) groups is 1. The molecule has 0 saturated carbocycles.